The van der Waals surface area contributed by atoms with E-state index in [0.29, 0.717) is 24.3 Å². The minimum absolute atomic E-state index is 0.234. The molecule has 30 heavy (non-hydrogen) atoms. The Morgan fingerprint density at radius 2 is 2.00 bits per heavy atom. The summed E-state index contributed by atoms with van der Waals surface area (Å²) in [5.41, 5.74) is 3.82. The number of rotatable bonds is 8. The largest absolute Gasteiger partial charge is 0.478 e. The number of imidazole rings is 1. The zero-order valence-electron chi connectivity index (χ0n) is 17.3. The van der Waals surface area contributed by atoms with Crippen LogP contribution >= 0.6 is 0 Å². The Hall–Kier alpha value is -3.44. The molecule has 0 amide bonds. The number of carboxylic acid groups (broad SMARTS) is 1. The number of ether oxygens (including phenoxy) is 1. The van der Waals surface area contributed by atoms with E-state index in [0.717, 1.165) is 21.7 Å². The second-order valence-corrected chi connectivity index (χ2v) is 7.30. The number of hydrogen-bond acceptors (Lipinski definition) is 3. The van der Waals surface area contributed by atoms with Gasteiger partial charge in [0.1, 0.15) is 0 Å². The summed E-state index contributed by atoms with van der Waals surface area (Å²) in [6.07, 6.45) is 7.70. The highest BCUT2D eigenvalue weighted by molar-refractivity contribution is 5.91. The summed E-state index contributed by atoms with van der Waals surface area (Å²) in [5.74, 6) is -0.933. The molecular formula is C25H26N2O3. The van der Waals surface area contributed by atoms with E-state index in [1.165, 1.54) is 5.57 Å². The van der Waals surface area contributed by atoms with E-state index >= 15 is 0 Å². The Bertz CT molecular complexity index is 1180. The van der Waals surface area contributed by atoms with Crippen LogP contribution in [0.3, 0.4) is 0 Å². The topological polar surface area (TPSA) is 64.4 Å². The Labute approximate surface area is 176 Å². The molecule has 0 bridgehead atoms. The minimum atomic E-state index is -0.933. The molecule has 154 valence electrons. The van der Waals surface area contributed by atoms with Crippen LogP contribution < -0.4 is 10.4 Å². The number of benzene rings is 2. The molecule has 0 spiro atoms. The molecule has 1 aromatic heterocycles. The predicted octanol–water partition coefficient (Wildman–Crippen LogP) is 3.44. The first-order chi connectivity index (χ1) is 14.5. The van der Waals surface area contributed by atoms with Crippen LogP contribution in [0, 0.1) is 6.92 Å². The lowest BCUT2D eigenvalue weighted by molar-refractivity contribution is 0.0682. The van der Waals surface area contributed by atoms with Crippen LogP contribution in [0.25, 0.3) is 12.7 Å². The van der Waals surface area contributed by atoms with Crippen molar-refractivity contribution in [3.63, 3.8) is 0 Å². The van der Waals surface area contributed by atoms with Crippen LogP contribution in [0.15, 0.2) is 66.6 Å². The maximum absolute atomic E-state index is 11.5. The standard InChI is InChI=1S/C25H26N2O3/c1-18(11-12-21-9-5-4-7-19(21)2)14-27-17-26-13-23(27)16-30-15-22-10-6-8-20(3)24(22)25(28)29/h4-13,17H,2,14-16H2,1,3H3,(H,28,29)/b18-11+,21-12-. The van der Waals surface area contributed by atoms with Crippen molar-refractivity contribution in [2.24, 2.45) is 0 Å². The molecule has 5 heteroatoms. The van der Waals surface area contributed by atoms with E-state index < -0.39 is 5.97 Å². The molecule has 5 nitrogen and oxygen atoms in total. The average Bonchev–Trinajstić information content (AvgIpc) is 3.14. The summed E-state index contributed by atoms with van der Waals surface area (Å²) >= 11 is 0. The van der Waals surface area contributed by atoms with Crippen LogP contribution in [0.5, 0.6) is 0 Å². The number of aromatic nitrogens is 2. The summed E-state index contributed by atoms with van der Waals surface area (Å²) in [6, 6.07) is 13.4. The van der Waals surface area contributed by atoms with E-state index in [4.69, 9.17) is 4.74 Å². The zero-order chi connectivity index (χ0) is 21.5. The molecule has 1 N–H and O–H groups in total. The number of carbonyl (C=O) groups is 1. The van der Waals surface area contributed by atoms with Gasteiger partial charge in [-0.1, -0.05) is 66.8 Å². The highest BCUT2D eigenvalue weighted by Gasteiger charge is 2.13. The van der Waals surface area contributed by atoms with Gasteiger partial charge in [-0.3, -0.25) is 0 Å². The third kappa shape index (κ3) is 5.33. The van der Waals surface area contributed by atoms with Gasteiger partial charge in [0.25, 0.3) is 0 Å². The lowest BCUT2D eigenvalue weighted by Crippen LogP contribution is -2.21. The third-order valence-electron chi connectivity index (χ3n) is 4.90. The fourth-order valence-corrected chi connectivity index (χ4v) is 3.28. The fourth-order valence-electron chi connectivity index (χ4n) is 3.28. The summed E-state index contributed by atoms with van der Waals surface area (Å²) in [7, 11) is 0. The second-order valence-electron chi connectivity index (χ2n) is 7.30. The molecule has 0 aliphatic carbocycles. The molecule has 0 aliphatic rings. The zero-order valence-corrected chi connectivity index (χ0v) is 17.3. The van der Waals surface area contributed by atoms with Gasteiger partial charge in [-0.2, -0.15) is 0 Å². The van der Waals surface area contributed by atoms with Crippen molar-refractivity contribution in [2.45, 2.75) is 33.6 Å². The fraction of sp³-hybridized carbons (Fsp3) is 0.200. The number of aromatic carboxylic acids is 1. The van der Waals surface area contributed by atoms with Gasteiger partial charge < -0.3 is 14.4 Å². The molecule has 2 aromatic carbocycles. The van der Waals surface area contributed by atoms with Crippen molar-refractivity contribution < 1.29 is 14.6 Å². The molecule has 0 radical (unpaired) electrons. The van der Waals surface area contributed by atoms with Crippen molar-refractivity contribution in [2.75, 3.05) is 0 Å². The molecule has 0 fully saturated rings. The van der Waals surface area contributed by atoms with Crippen LogP contribution in [0.2, 0.25) is 0 Å². The first-order valence-electron chi connectivity index (χ1n) is 9.75. The molecule has 0 atom stereocenters. The summed E-state index contributed by atoms with van der Waals surface area (Å²) in [5, 5.41) is 11.5. The lowest BCUT2D eigenvalue weighted by atomic mass is 10.0. The van der Waals surface area contributed by atoms with Crippen molar-refractivity contribution in [1.82, 2.24) is 9.55 Å². The maximum Gasteiger partial charge on any atom is 0.336 e. The molecule has 0 unspecified atom stereocenters. The lowest BCUT2D eigenvalue weighted by Gasteiger charge is -2.11. The van der Waals surface area contributed by atoms with E-state index in [1.54, 1.807) is 31.6 Å². The van der Waals surface area contributed by atoms with Gasteiger partial charge in [0.15, 0.2) is 0 Å². The second kappa shape index (κ2) is 9.85. The van der Waals surface area contributed by atoms with Gasteiger partial charge in [-0.25, -0.2) is 9.78 Å². The third-order valence-corrected chi connectivity index (χ3v) is 4.90. The summed E-state index contributed by atoms with van der Waals surface area (Å²) < 4.78 is 7.85. The van der Waals surface area contributed by atoms with Gasteiger partial charge in [-0.05, 0) is 35.4 Å². The van der Waals surface area contributed by atoms with Crippen LogP contribution in [-0.4, -0.2) is 20.6 Å². The van der Waals surface area contributed by atoms with Gasteiger partial charge in [-0.15, -0.1) is 0 Å². The van der Waals surface area contributed by atoms with Crippen LogP contribution in [0.1, 0.15) is 34.1 Å². The number of hydrogen-bond donors (Lipinski definition) is 1. The molecule has 0 saturated heterocycles. The highest BCUT2D eigenvalue weighted by Crippen LogP contribution is 2.16. The first kappa shape index (κ1) is 21.3. The Morgan fingerprint density at radius 3 is 2.77 bits per heavy atom. The first-order valence-corrected chi connectivity index (χ1v) is 9.75. The molecule has 3 rings (SSSR count). The molecular weight excluding hydrogens is 376 g/mol. The average molecular weight is 402 g/mol. The maximum atomic E-state index is 11.5. The van der Waals surface area contributed by atoms with Crippen LogP contribution in [0.4, 0.5) is 0 Å². The van der Waals surface area contributed by atoms with Crippen molar-refractivity contribution in [3.05, 3.63) is 99.5 Å². The minimum Gasteiger partial charge on any atom is -0.478 e. The highest BCUT2D eigenvalue weighted by atomic mass is 16.5. The predicted molar refractivity (Wildman–Crippen MR) is 118 cm³/mol. The number of allylic oxidation sites excluding steroid dienone is 2. The monoisotopic (exact) mass is 402 g/mol. The van der Waals surface area contributed by atoms with Gasteiger partial charge >= 0.3 is 5.97 Å². The molecule has 3 aromatic rings. The Balaban J connectivity index is 1.65. The van der Waals surface area contributed by atoms with E-state index in [2.05, 4.69) is 30.6 Å². The van der Waals surface area contributed by atoms with E-state index in [-0.39, 0.29) is 6.61 Å². The number of aryl methyl sites for hydroxylation is 1. The smallest absolute Gasteiger partial charge is 0.336 e. The van der Waals surface area contributed by atoms with Crippen molar-refractivity contribution in [3.8, 4) is 0 Å². The van der Waals surface area contributed by atoms with E-state index in [1.807, 2.05) is 34.9 Å². The van der Waals surface area contributed by atoms with Crippen molar-refractivity contribution in [1.29, 1.82) is 0 Å². The quantitative estimate of drug-likeness (QED) is 0.627. The Kier molecular flexibility index (Phi) is 6.99. The van der Waals surface area contributed by atoms with Gasteiger partial charge in [0.2, 0.25) is 0 Å². The number of carboxylic acids is 1. The summed E-state index contributed by atoms with van der Waals surface area (Å²) in [6.45, 7) is 9.18. The number of nitrogens with zero attached hydrogens (tertiary/aromatic N) is 2. The van der Waals surface area contributed by atoms with Crippen LogP contribution in [-0.2, 0) is 24.5 Å². The Morgan fingerprint density at radius 1 is 1.20 bits per heavy atom. The van der Waals surface area contributed by atoms with E-state index in [9.17, 15) is 9.90 Å². The molecule has 0 saturated carbocycles. The van der Waals surface area contributed by atoms with Crippen molar-refractivity contribution >= 4 is 18.6 Å². The SMILES string of the molecule is C=c1cccc/c1=C/C=C(\C)Cn1cncc1COCc1cccc(C)c1C(=O)O. The van der Waals surface area contributed by atoms with Gasteiger partial charge in [0.05, 0.1) is 37.0 Å². The summed E-state index contributed by atoms with van der Waals surface area (Å²) in [4.78, 5) is 15.7. The molecule has 1 heterocycles. The normalized spacial score (nSPS) is 12.3. The van der Waals surface area contributed by atoms with Gasteiger partial charge in [0, 0.05) is 6.54 Å². The molecule has 0 aliphatic heterocycles.